The van der Waals surface area contributed by atoms with Crippen molar-refractivity contribution >= 4 is 16.8 Å². The average molecular weight is 343 g/mol. The number of aryl methyl sites for hydroxylation is 1. The minimum atomic E-state index is -0.157. The fourth-order valence-corrected chi connectivity index (χ4v) is 2.72. The van der Waals surface area contributed by atoms with Gasteiger partial charge in [0, 0.05) is 17.1 Å². The predicted octanol–water partition coefficient (Wildman–Crippen LogP) is 3.05. The second-order valence-electron chi connectivity index (χ2n) is 6.00. The van der Waals surface area contributed by atoms with Gasteiger partial charge in [0.2, 0.25) is 0 Å². The lowest BCUT2D eigenvalue weighted by atomic mass is 10.1. The van der Waals surface area contributed by atoms with E-state index in [4.69, 9.17) is 0 Å². The first-order valence-corrected chi connectivity index (χ1v) is 8.29. The second kappa shape index (κ2) is 6.76. The highest BCUT2D eigenvalue weighted by molar-refractivity contribution is 5.98. The molecule has 0 bridgehead atoms. The molecule has 0 fully saturated rings. The van der Waals surface area contributed by atoms with Crippen molar-refractivity contribution in [3.05, 3.63) is 84.1 Å². The number of hydrogen-bond acceptors (Lipinski definition) is 4. The van der Waals surface area contributed by atoms with Crippen LogP contribution in [0.2, 0.25) is 0 Å². The molecule has 128 valence electrons. The van der Waals surface area contributed by atoms with E-state index in [0.29, 0.717) is 12.1 Å². The molecule has 0 unspecified atom stereocenters. The number of amides is 1. The normalized spacial score (nSPS) is 10.8. The number of nitrogens with one attached hydrogen (secondary N) is 1. The third kappa shape index (κ3) is 3.17. The Hall–Kier alpha value is -3.54. The quantitative estimate of drug-likeness (QED) is 0.618. The van der Waals surface area contributed by atoms with Crippen LogP contribution in [-0.4, -0.2) is 25.7 Å². The van der Waals surface area contributed by atoms with Gasteiger partial charge in [-0.05, 0) is 31.2 Å². The maximum atomic E-state index is 12.5. The van der Waals surface area contributed by atoms with Crippen molar-refractivity contribution in [2.45, 2.75) is 13.5 Å². The highest BCUT2D eigenvalue weighted by Crippen LogP contribution is 2.19. The van der Waals surface area contributed by atoms with Gasteiger partial charge in [-0.25, -0.2) is 4.68 Å². The molecule has 1 N–H and O–H groups in total. The number of carbonyl (C=O) groups is 1. The molecule has 0 saturated carbocycles. The highest BCUT2D eigenvalue weighted by Gasteiger charge is 2.10. The molecule has 2 heterocycles. The van der Waals surface area contributed by atoms with Crippen molar-refractivity contribution in [1.29, 1.82) is 0 Å². The lowest BCUT2D eigenvalue weighted by Gasteiger charge is -2.07. The van der Waals surface area contributed by atoms with E-state index in [1.54, 1.807) is 24.7 Å². The summed E-state index contributed by atoms with van der Waals surface area (Å²) < 4.78 is 1.83. The van der Waals surface area contributed by atoms with Crippen LogP contribution in [0.5, 0.6) is 0 Å². The molecule has 6 nitrogen and oxygen atoms in total. The molecule has 1 amide bonds. The monoisotopic (exact) mass is 343 g/mol. The maximum Gasteiger partial charge on any atom is 0.251 e. The number of carbonyl (C=O) groups excluding carboxylic acids is 1. The van der Waals surface area contributed by atoms with Crippen LogP contribution < -0.4 is 5.32 Å². The lowest BCUT2D eigenvalue weighted by Crippen LogP contribution is -2.23. The zero-order chi connectivity index (χ0) is 17.9. The Labute approximate surface area is 150 Å². The second-order valence-corrected chi connectivity index (χ2v) is 6.00. The van der Waals surface area contributed by atoms with Crippen molar-refractivity contribution in [3.8, 4) is 5.69 Å². The van der Waals surface area contributed by atoms with Crippen LogP contribution in [0.1, 0.15) is 21.7 Å². The van der Waals surface area contributed by atoms with E-state index in [1.807, 2.05) is 54.1 Å². The minimum Gasteiger partial charge on any atom is -0.346 e. The summed E-state index contributed by atoms with van der Waals surface area (Å²) in [6, 6.07) is 15.4. The number of nitrogens with zero attached hydrogens (tertiary/aromatic N) is 4. The Bertz CT molecular complexity index is 1050. The Morgan fingerprint density at radius 2 is 1.88 bits per heavy atom. The number of para-hydroxylation sites is 1. The van der Waals surface area contributed by atoms with Crippen LogP contribution in [0.3, 0.4) is 0 Å². The van der Waals surface area contributed by atoms with Gasteiger partial charge in [-0.2, -0.15) is 5.10 Å². The van der Waals surface area contributed by atoms with Crippen LogP contribution >= 0.6 is 0 Å². The van der Waals surface area contributed by atoms with Gasteiger partial charge < -0.3 is 5.32 Å². The average Bonchev–Trinajstić information content (AvgIpc) is 3.11. The van der Waals surface area contributed by atoms with E-state index >= 15 is 0 Å². The molecule has 0 aliphatic rings. The molecular weight excluding hydrogens is 326 g/mol. The van der Waals surface area contributed by atoms with Crippen molar-refractivity contribution in [3.63, 3.8) is 0 Å². The van der Waals surface area contributed by atoms with E-state index in [0.717, 1.165) is 28.0 Å². The zero-order valence-corrected chi connectivity index (χ0v) is 14.3. The van der Waals surface area contributed by atoms with Gasteiger partial charge in [0.15, 0.2) is 0 Å². The Balaban J connectivity index is 1.58. The van der Waals surface area contributed by atoms with Crippen molar-refractivity contribution in [2.75, 3.05) is 0 Å². The molecule has 0 saturated heterocycles. The molecule has 2 aromatic heterocycles. The summed E-state index contributed by atoms with van der Waals surface area (Å²) in [5.74, 6) is -0.157. The molecule has 0 aliphatic carbocycles. The fraction of sp³-hybridized carbons (Fsp3) is 0.100. The van der Waals surface area contributed by atoms with Crippen molar-refractivity contribution in [1.82, 2.24) is 25.1 Å². The molecule has 26 heavy (non-hydrogen) atoms. The largest absolute Gasteiger partial charge is 0.346 e. The van der Waals surface area contributed by atoms with E-state index in [-0.39, 0.29) is 5.91 Å². The van der Waals surface area contributed by atoms with Gasteiger partial charge >= 0.3 is 0 Å². The van der Waals surface area contributed by atoms with Crippen LogP contribution in [0, 0.1) is 6.92 Å². The topological polar surface area (TPSA) is 72.7 Å². The zero-order valence-electron chi connectivity index (χ0n) is 14.3. The summed E-state index contributed by atoms with van der Waals surface area (Å²) in [7, 11) is 0. The van der Waals surface area contributed by atoms with Gasteiger partial charge in [0.1, 0.15) is 0 Å². The van der Waals surface area contributed by atoms with E-state index in [2.05, 4.69) is 20.4 Å². The number of rotatable bonds is 4. The van der Waals surface area contributed by atoms with Gasteiger partial charge in [-0.1, -0.05) is 24.3 Å². The summed E-state index contributed by atoms with van der Waals surface area (Å²) in [6.07, 6.45) is 5.15. The highest BCUT2D eigenvalue weighted by atomic mass is 16.1. The summed E-state index contributed by atoms with van der Waals surface area (Å²) >= 11 is 0. The smallest absolute Gasteiger partial charge is 0.251 e. The molecule has 0 spiro atoms. The molecular formula is C20H17N5O. The first-order valence-electron chi connectivity index (χ1n) is 8.29. The summed E-state index contributed by atoms with van der Waals surface area (Å²) in [4.78, 5) is 20.9. The van der Waals surface area contributed by atoms with Gasteiger partial charge in [0.25, 0.3) is 5.91 Å². The maximum absolute atomic E-state index is 12.5. The van der Waals surface area contributed by atoms with E-state index in [1.165, 1.54) is 0 Å². The first kappa shape index (κ1) is 16.0. The molecule has 6 heteroatoms. The standard InChI is InChI=1S/C20H17N5O/c1-14-10-22-17(12-21-14)13-23-20(26)15-7-8-16-11-24-25(19(16)9-15)18-5-3-2-4-6-18/h2-12H,13H2,1H3,(H,23,26). The molecule has 0 aliphatic heterocycles. The van der Waals surface area contributed by atoms with Crippen molar-refractivity contribution in [2.24, 2.45) is 0 Å². The number of fused-ring (bicyclic) bond motifs is 1. The third-order valence-electron chi connectivity index (χ3n) is 4.10. The Morgan fingerprint density at radius 3 is 2.65 bits per heavy atom. The lowest BCUT2D eigenvalue weighted by molar-refractivity contribution is 0.0950. The van der Waals surface area contributed by atoms with Crippen LogP contribution in [0.4, 0.5) is 0 Å². The van der Waals surface area contributed by atoms with E-state index in [9.17, 15) is 4.79 Å². The number of hydrogen-bond donors (Lipinski definition) is 1. The van der Waals surface area contributed by atoms with Crippen LogP contribution in [-0.2, 0) is 6.54 Å². The fourth-order valence-electron chi connectivity index (χ4n) is 2.72. The van der Waals surface area contributed by atoms with Gasteiger partial charge in [-0.15, -0.1) is 0 Å². The molecule has 2 aromatic carbocycles. The Kier molecular flexibility index (Phi) is 4.15. The summed E-state index contributed by atoms with van der Waals surface area (Å²) in [5.41, 5.74) is 3.99. The third-order valence-corrected chi connectivity index (χ3v) is 4.10. The number of aromatic nitrogens is 4. The number of benzene rings is 2. The summed E-state index contributed by atoms with van der Waals surface area (Å²) in [5, 5.41) is 8.30. The van der Waals surface area contributed by atoms with E-state index < -0.39 is 0 Å². The first-order chi connectivity index (χ1) is 12.7. The van der Waals surface area contributed by atoms with Crippen molar-refractivity contribution < 1.29 is 4.79 Å². The van der Waals surface area contributed by atoms with Crippen LogP contribution in [0.25, 0.3) is 16.6 Å². The predicted molar refractivity (Wildman–Crippen MR) is 99.0 cm³/mol. The minimum absolute atomic E-state index is 0.157. The molecule has 4 aromatic rings. The molecule has 4 rings (SSSR count). The SMILES string of the molecule is Cc1cnc(CNC(=O)c2ccc3cnn(-c4ccccc4)c3c2)cn1. The summed E-state index contributed by atoms with van der Waals surface area (Å²) in [6.45, 7) is 2.21. The van der Waals surface area contributed by atoms with Crippen LogP contribution in [0.15, 0.2) is 67.1 Å². The molecule has 0 atom stereocenters. The van der Waals surface area contributed by atoms with Gasteiger partial charge in [0.05, 0.1) is 41.5 Å². The Morgan fingerprint density at radius 1 is 1.04 bits per heavy atom. The van der Waals surface area contributed by atoms with Gasteiger partial charge in [-0.3, -0.25) is 14.8 Å². The molecule has 0 radical (unpaired) electrons.